The molecule has 0 saturated heterocycles. The Hall–Kier alpha value is -1.99. The Balaban J connectivity index is 1.64. The summed E-state index contributed by atoms with van der Waals surface area (Å²) in [6.07, 6.45) is 0. The standard InChI is InChI=1S/C16H16N4OS2/c1-9-4-5-12-13(6-9)23-16(19-12)20-14(21)8-22-15-17-10(2)7-11(3)18-15/h4-7H,8H2,1-3H3,(H,19,20,21). The number of aromatic nitrogens is 3. The second-order valence-corrected chi connectivity index (χ2v) is 7.23. The summed E-state index contributed by atoms with van der Waals surface area (Å²) in [4.78, 5) is 25.1. The second kappa shape index (κ2) is 6.64. The summed E-state index contributed by atoms with van der Waals surface area (Å²) in [6.45, 7) is 5.88. The number of nitrogens with one attached hydrogen (secondary N) is 1. The lowest BCUT2D eigenvalue weighted by Gasteiger charge is -2.03. The van der Waals surface area contributed by atoms with E-state index in [-0.39, 0.29) is 11.7 Å². The molecule has 0 bridgehead atoms. The maximum atomic E-state index is 12.1. The first-order valence-corrected chi connectivity index (χ1v) is 8.92. The Bertz CT molecular complexity index is 855. The number of thioether (sulfide) groups is 1. The highest BCUT2D eigenvalue weighted by Gasteiger charge is 2.10. The molecule has 0 radical (unpaired) electrons. The SMILES string of the molecule is Cc1ccc2nc(NC(=O)CSc3nc(C)cc(C)n3)sc2c1. The summed E-state index contributed by atoms with van der Waals surface area (Å²) in [5, 5.41) is 4.09. The Morgan fingerprint density at radius 1 is 1.13 bits per heavy atom. The molecule has 0 saturated carbocycles. The summed E-state index contributed by atoms with van der Waals surface area (Å²) < 4.78 is 1.07. The maximum Gasteiger partial charge on any atom is 0.236 e. The first-order chi connectivity index (χ1) is 11.0. The summed E-state index contributed by atoms with van der Waals surface area (Å²) in [5.74, 6) is 0.159. The van der Waals surface area contributed by atoms with Gasteiger partial charge in [-0.05, 0) is 44.5 Å². The van der Waals surface area contributed by atoms with Crippen LogP contribution in [0, 0.1) is 20.8 Å². The van der Waals surface area contributed by atoms with Crippen LogP contribution in [0.1, 0.15) is 17.0 Å². The number of fused-ring (bicyclic) bond motifs is 1. The molecule has 23 heavy (non-hydrogen) atoms. The molecule has 0 aliphatic carbocycles. The molecule has 7 heteroatoms. The average molecular weight is 344 g/mol. The molecule has 1 N–H and O–H groups in total. The van der Waals surface area contributed by atoms with Crippen LogP contribution in [0.25, 0.3) is 10.2 Å². The quantitative estimate of drug-likeness (QED) is 0.577. The van der Waals surface area contributed by atoms with Crippen LogP contribution >= 0.6 is 23.1 Å². The second-order valence-electron chi connectivity index (χ2n) is 5.26. The van der Waals surface area contributed by atoms with Crippen LogP contribution in [0.3, 0.4) is 0 Å². The van der Waals surface area contributed by atoms with E-state index in [2.05, 4.69) is 26.3 Å². The third kappa shape index (κ3) is 4.05. The lowest BCUT2D eigenvalue weighted by atomic mass is 10.2. The number of rotatable bonds is 4. The van der Waals surface area contributed by atoms with Gasteiger partial charge in [-0.3, -0.25) is 4.79 Å². The molecule has 5 nitrogen and oxygen atoms in total. The summed E-state index contributed by atoms with van der Waals surface area (Å²) in [6, 6.07) is 7.96. The number of amides is 1. The third-order valence-corrected chi connectivity index (χ3v) is 4.87. The largest absolute Gasteiger partial charge is 0.301 e. The van der Waals surface area contributed by atoms with Gasteiger partial charge < -0.3 is 5.32 Å². The highest BCUT2D eigenvalue weighted by Crippen LogP contribution is 2.27. The predicted molar refractivity (Wildman–Crippen MR) is 95.2 cm³/mol. The Morgan fingerprint density at radius 2 is 1.87 bits per heavy atom. The van der Waals surface area contributed by atoms with Crippen molar-refractivity contribution in [2.24, 2.45) is 0 Å². The topological polar surface area (TPSA) is 67.8 Å². The molecular weight excluding hydrogens is 328 g/mol. The van der Waals surface area contributed by atoms with Gasteiger partial charge in [0.1, 0.15) is 0 Å². The van der Waals surface area contributed by atoms with E-state index in [1.54, 1.807) is 0 Å². The Labute approximate surface area is 142 Å². The molecule has 118 valence electrons. The van der Waals surface area contributed by atoms with Crippen LogP contribution in [-0.4, -0.2) is 26.6 Å². The van der Waals surface area contributed by atoms with Crippen LogP contribution in [0.15, 0.2) is 29.4 Å². The molecule has 0 spiro atoms. The van der Waals surface area contributed by atoms with Gasteiger partial charge in [-0.2, -0.15) is 0 Å². The minimum Gasteiger partial charge on any atom is -0.301 e. The number of anilines is 1. The normalized spacial score (nSPS) is 10.9. The van der Waals surface area contributed by atoms with Crippen molar-refractivity contribution < 1.29 is 4.79 Å². The highest BCUT2D eigenvalue weighted by molar-refractivity contribution is 7.99. The molecule has 2 heterocycles. The van der Waals surface area contributed by atoms with E-state index in [0.29, 0.717) is 10.3 Å². The molecule has 3 rings (SSSR count). The molecule has 0 unspecified atom stereocenters. The van der Waals surface area contributed by atoms with Gasteiger partial charge in [0.2, 0.25) is 5.91 Å². The zero-order valence-corrected chi connectivity index (χ0v) is 14.7. The Morgan fingerprint density at radius 3 is 2.61 bits per heavy atom. The van der Waals surface area contributed by atoms with E-state index in [1.807, 2.05) is 39.0 Å². The molecule has 3 aromatic rings. The average Bonchev–Trinajstić information content (AvgIpc) is 2.85. The van der Waals surface area contributed by atoms with Crippen molar-refractivity contribution >= 4 is 44.4 Å². The molecule has 0 fully saturated rings. The van der Waals surface area contributed by atoms with Crippen molar-refractivity contribution in [3.05, 3.63) is 41.2 Å². The number of carbonyl (C=O) groups is 1. The van der Waals surface area contributed by atoms with E-state index >= 15 is 0 Å². The number of nitrogens with zero attached hydrogens (tertiary/aromatic N) is 3. The first-order valence-electron chi connectivity index (χ1n) is 7.12. The fourth-order valence-electron chi connectivity index (χ4n) is 2.13. The molecule has 0 atom stereocenters. The maximum absolute atomic E-state index is 12.1. The van der Waals surface area contributed by atoms with Crippen LogP contribution < -0.4 is 5.32 Å². The number of hydrogen-bond donors (Lipinski definition) is 1. The van der Waals surface area contributed by atoms with Gasteiger partial charge in [-0.1, -0.05) is 29.2 Å². The number of thiazole rings is 1. The van der Waals surface area contributed by atoms with Crippen molar-refractivity contribution in [2.45, 2.75) is 25.9 Å². The lowest BCUT2D eigenvalue weighted by molar-refractivity contribution is -0.113. The smallest absolute Gasteiger partial charge is 0.236 e. The van der Waals surface area contributed by atoms with E-state index in [0.717, 1.165) is 21.6 Å². The summed E-state index contributed by atoms with van der Waals surface area (Å²) in [7, 11) is 0. The molecule has 0 aliphatic rings. The van der Waals surface area contributed by atoms with Gasteiger partial charge in [-0.25, -0.2) is 15.0 Å². The van der Waals surface area contributed by atoms with E-state index in [9.17, 15) is 4.79 Å². The molecular formula is C16H16N4OS2. The number of carbonyl (C=O) groups excluding carboxylic acids is 1. The number of benzene rings is 1. The fourth-order valence-corrected chi connectivity index (χ4v) is 3.86. The van der Waals surface area contributed by atoms with Crippen molar-refractivity contribution in [2.75, 3.05) is 11.1 Å². The highest BCUT2D eigenvalue weighted by atomic mass is 32.2. The minimum atomic E-state index is -0.103. The zero-order valence-electron chi connectivity index (χ0n) is 13.1. The molecule has 1 amide bonds. The van der Waals surface area contributed by atoms with Crippen molar-refractivity contribution in [1.82, 2.24) is 15.0 Å². The van der Waals surface area contributed by atoms with Crippen LogP contribution in [0.4, 0.5) is 5.13 Å². The van der Waals surface area contributed by atoms with E-state index in [1.165, 1.54) is 28.7 Å². The zero-order chi connectivity index (χ0) is 16.4. The van der Waals surface area contributed by atoms with Gasteiger partial charge >= 0.3 is 0 Å². The van der Waals surface area contributed by atoms with Gasteiger partial charge in [-0.15, -0.1) is 0 Å². The van der Waals surface area contributed by atoms with Crippen molar-refractivity contribution in [1.29, 1.82) is 0 Å². The minimum absolute atomic E-state index is 0.103. The summed E-state index contributed by atoms with van der Waals surface area (Å²) >= 11 is 2.81. The predicted octanol–water partition coefficient (Wildman–Crippen LogP) is 3.74. The number of aryl methyl sites for hydroxylation is 3. The molecule has 1 aromatic carbocycles. The van der Waals surface area contributed by atoms with Crippen molar-refractivity contribution in [3.63, 3.8) is 0 Å². The van der Waals surface area contributed by atoms with Crippen LogP contribution in [0.5, 0.6) is 0 Å². The monoisotopic (exact) mass is 344 g/mol. The van der Waals surface area contributed by atoms with Gasteiger partial charge in [0.25, 0.3) is 0 Å². The Kier molecular flexibility index (Phi) is 4.58. The van der Waals surface area contributed by atoms with Gasteiger partial charge in [0.15, 0.2) is 10.3 Å². The lowest BCUT2D eigenvalue weighted by Crippen LogP contribution is -2.14. The number of hydrogen-bond acceptors (Lipinski definition) is 6. The fraction of sp³-hybridized carbons (Fsp3) is 0.250. The van der Waals surface area contributed by atoms with Crippen LogP contribution in [-0.2, 0) is 4.79 Å². The van der Waals surface area contributed by atoms with E-state index in [4.69, 9.17) is 0 Å². The first kappa shape index (κ1) is 15.9. The van der Waals surface area contributed by atoms with Crippen LogP contribution in [0.2, 0.25) is 0 Å². The van der Waals surface area contributed by atoms with Crippen molar-refractivity contribution in [3.8, 4) is 0 Å². The van der Waals surface area contributed by atoms with Gasteiger partial charge in [0, 0.05) is 11.4 Å². The van der Waals surface area contributed by atoms with Gasteiger partial charge in [0.05, 0.1) is 16.0 Å². The molecule has 2 aromatic heterocycles. The molecule has 0 aliphatic heterocycles. The van der Waals surface area contributed by atoms with E-state index < -0.39 is 0 Å². The summed E-state index contributed by atoms with van der Waals surface area (Å²) in [5.41, 5.74) is 3.90. The third-order valence-electron chi connectivity index (χ3n) is 3.08.